The van der Waals surface area contributed by atoms with Gasteiger partial charge in [0.25, 0.3) is 0 Å². The van der Waals surface area contributed by atoms with Gasteiger partial charge >= 0.3 is 0 Å². The predicted molar refractivity (Wildman–Crippen MR) is 94.8 cm³/mol. The summed E-state index contributed by atoms with van der Waals surface area (Å²) >= 11 is 1.78. The Morgan fingerprint density at radius 3 is 2.50 bits per heavy atom. The molecule has 0 spiro atoms. The monoisotopic (exact) mass is 309 g/mol. The maximum Gasteiger partial charge on any atom is 0.141 e. The average molecular weight is 309 g/mol. The molecule has 0 radical (unpaired) electrons. The first kappa shape index (κ1) is 14.7. The topological polar surface area (TPSA) is 21.3 Å². The van der Waals surface area contributed by atoms with Crippen LogP contribution in [0.3, 0.4) is 0 Å². The molecule has 0 aliphatic heterocycles. The van der Waals surface area contributed by atoms with Crippen molar-refractivity contribution in [3.05, 3.63) is 70.4 Å². The van der Waals surface area contributed by atoms with E-state index in [0.29, 0.717) is 0 Å². The molecule has 2 nitrogen and oxygen atoms in total. The summed E-state index contributed by atoms with van der Waals surface area (Å²) in [7, 11) is 1.71. The lowest BCUT2D eigenvalue weighted by Gasteiger charge is -2.13. The van der Waals surface area contributed by atoms with Crippen molar-refractivity contribution in [2.24, 2.45) is 0 Å². The summed E-state index contributed by atoms with van der Waals surface area (Å²) in [5, 5.41) is 5.63. The normalized spacial score (nSPS) is 10.5. The van der Waals surface area contributed by atoms with Crippen LogP contribution in [0.4, 0.5) is 5.69 Å². The van der Waals surface area contributed by atoms with E-state index >= 15 is 0 Å². The average Bonchev–Trinajstić information content (AvgIpc) is 2.98. The van der Waals surface area contributed by atoms with E-state index in [1.165, 1.54) is 21.6 Å². The second-order valence-electron chi connectivity index (χ2n) is 5.16. The first-order valence-electron chi connectivity index (χ1n) is 7.28. The molecule has 0 saturated heterocycles. The largest absolute Gasteiger partial charge is 0.495 e. The smallest absolute Gasteiger partial charge is 0.141 e. The molecule has 0 amide bonds. The van der Waals surface area contributed by atoms with Crippen LogP contribution in [-0.4, -0.2) is 7.11 Å². The summed E-state index contributed by atoms with van der Waals surface area (Å²) < 4.78 is 5.48. The van der Waals surface area contributed by atoms with Gasteiger partial charge in [-0.15, -0.1) is 11.3 Å². The number of hydrogen-bond acceptors (Lipinski definition) is 3. The fourth-order valence-electron chi connectivity index (χ4n) is 2.42. The Labute approximate surface area is 135 Å². The lowest BCUT2D eigenvalue weighted by molar-refractivity contribution is 0.416. The zero-order valence-electron chi connectivity index (χ0n) is 12.8. The van der Waals surface area contributed by atoms with Crippen molar-refractivity contribution in [3.8, 4) is 16.9 Å². The first-order chi connectivity index (χ1) is 10.8. The molecule has 1 N–H and O–H groups in total. The van der Waals surface area contributed by atoms with Crippen molar-refractivity contribution in [2.45, 2.75) is 13.5 Å². The number of methoxy groups -OCH3 is 1. The number of nitrogens with one attached hydrogen (secondary N) is 1. The summed E-state index contributed by atoms with van der Waals surface area (Å²) in [5.74, 6) is 0.869. The van der Waals surface area contributed by atoms with Crippen molar-refractivity contribution in [1.82, 2.24) is 0 Å². The summed E-state index contributed by atoms with van der Waals surface area (Å²) in [4.78, 5) is 1.35. The highest BCUT2D eigenvalue weighted by Gasteiger charge is 2.07. The molecule has 112 valence electrons. The molecule has 1 heterocycles. The number of thiophene rings is 1. The summed E-state index contributed by atoms with van der Waals surface area (Å²) in [6, 6.07) is 18.8. The molecule has 1 aromatic heterocycles. The van der Waals surface area contributed by atoms with Crippen molar-refractivity contribution in [2.75, 3.05) is 12.4 Å². The fourth-order valence-corrected chi connectivity index (χ4v) is 3.26. The second-order valence-corrected chi connectivity index (χ2v) is 6.16. The third kappa shape index (κ3) is 3.15. The van der Waals surface area contributed by atoms with Gasteiger partial charge in [-0.25, -0.2) is 0 Å². The molecule has 3 rings (SSSR count). The summed E-state index contributed by atoms with van der Waals surface area (Å²) in [6.07, 6.45) is 0. The molecule has 3 heteroatoms. The molecule has 0 unspecified atom stereocenters. The summed E-state index contributed by atoms with van der Waals surface area (Å²) in [5.41, 5.74) is 4.75. The zero-order chi connectivity index (χ0) is 15.4. The molecular weight excluding hydrogens is 290 g/mol. The number of rotatable bonds is 5. The number of ether oxygens (including phenoxy) is 1. The van der Waals surface area contributed by atoms with Gasteiger partial charge in [-0.1, -0.05) is 36.4 Å². The van der Waals surface area contributed by atoms with Crippen LogP contribution in [0, 0.1) is 6.92 Å². The van der Waals surface area contributed by atoms with Crippen LogP contribution in [0.5, 0.6) is 5.75 Å². The van der Waals surface area contributed by atoms with Gasteiger partial charge in [-0.3, -0.25) is 0 Å². The molecule has 0 fully saturated rings. The van der Waals surface area contributed by atoms with E-state index in [1.54, 1.807) is 18.4 Å². The van der Waals surface area contributed by atoms with E-state index in [1.807, 2.05) is 12.1 Å². The Balaban J connectivity index is 1.87. The highest BCUT2D eigenvalue weighted by Crippen LogP contribution is 2.31. The Bertz CT molecular complexity index is 749. The van der Waals surface area contributed by atoms with Gasteiger partial charge in [0, 0.05) is 11.4 Å². The highest BCUT2D eigenvalue weighted by atomic mass is 32.1. The maximum absolute atomic E-state index is 5.48. The van der Waals surface area contributed by atoms with Gasteiger partial charge < -0.3 is 10.1 Å². The molecule has 22 heavy (non-hydrogen) atoms. The van der Waals surface area contributed by atoms with E-state index in [0.717, 1.165) is 18.0 Å². The van der Waals surface area contributed by atoms with Gasteiger partial charge in [0.2, 0.25) is 0 Å². The molecule has 0 saturated carbocycles. The molecule has 0 aliphatic carbocycles. The number of hydrogen-bond donors (Lipinski definition) is 1. The third-order valence-electron chi connectivity index (χ3n) is 3.71. The van der Waals surface area contributed by atoms with Crippen LogP contribution in [-0.2, 0) is 6.54 Å². The van der Waals surface area contributed by atoms with Crippen molar-refractivity contribution < 1.29 is 4.74 Å². The Morgan fingerprint density at radius 1 is 1.00 bits per heavy atom. The molecule has 0 aliphatic rings. The Morgan fingerprint density at radius 2 is 1.82 bits per heavy atom. The molecule has 3 aromatic rings. The van der Waals surface area contributed by atoms with Gasteiger partial charge in [-0.05, 0) is 47.2 Å². The lowest BCUT2D eigenvalue weighted by atomic mass is 10.0. The van der Waals surface area contributed by atoms with E-state index in [-0.39, 0.29) is 0 Å². The van der Waals surface area contributed by atoms with E-state index in [2.05, 4.69) is 60.1 Å². The Hall–Kier alpha value is -2.26. The SMILES string of the molecule is COc1ccc(-c2ccccc2)cc1NCc1sccc1C. The second kappa shape index (κ2) is 6.67. The minimum Gasteiger partial charge on any atom is -0.495 e. The standard InChI is InChI=1S/C19H19NOS/c1-14-10-11-22-19(14)13-20-17-12-16(8-9-18(17)21-2)15-6-4-3-5-7-15/h3-12,20H,13H2,1-2H3. The van der Waals surface area contributed by atoms with Crippen molar-refractivity contribution in [3.63, 3.8) is 0 Å². The summed E-state index contributed by atoms with van der Waals surface area (Å²) in [6.45, 7) is 2.96. The van der Waals surface area contributed by atoms with Gasteiger partial charge in [0.1, 0.15) is 5.75 Å². The minimum absolute atomic E-state index is 0.818. The Kier molecular flexibility index (Phi) is 4.45. The van der Waals surface area contributed by atoms with E-state index in [9.17, 15) is 0 Å². The van der Waals surface area contributed by atoms with Gasteiger partial charge in [-0.2, -0.15) is 0 Å². The minimum atomic E-state index is 0.818. The van der Waals surface area contributed by atoms with Gasteiger partial charge in [0.05, 0.1) is 12.8 Å². The van der Waals surface area contributed by atoms with Crippen LogP contribution in [0.15, 0.2) is 60.0 Å². The van der Waals surface area contributed by atoms with E-state index < -0.39 is 0 Å². The molecule has 2 aromatic carbocycles. The van der Waals surface area contributed by atoms with Gasteiger partial charge in [0.15, 0.2) is 0 Å². The quantitative estimate of drug-likeness (QED) is 0.686. The van der Waals surface area contributed by atoms with Crippen LogP contribution >= 0.6 is 11.3 Å². The molecule has 0 atom stereocenters. The maximum atomic E-state index is 5.48. The number of aryl methyl sites for hydroxylation is 1. The van der Waals surface area contributed by atoms with Crippen LogP contribution in [0.2, 0.25) is 0 Å². The van der Waals surface area contributed by atoms with Crippen LogP contribution in [0.25, 0.3) is 11.1 Å². The fraction of sp³-hybridized carbons (Fsp3) is 0.158. The third-order valence-corrected chi connectivity index (χ3v) is 4.74. The number of anilines is 1. The highest BCUT2D eigenvalue weighted by molar-refractivity contribution is 7.10. The number of benzene rings is 2. The van der Waals surface area contributed by atoms with Crippen molar-refractivity contribution >= 4 is 17.0 Å². The van der Waals surface area contributed by atoms with Crippen LogP contribution in [0.1, 0.15) is 10.4 Å². The predicted octanol–water partition coefficient (Wildman–Crippen LogP) is 5.34. The molecular formula is C19H19NOS. The lowest BCUT2D eigenvalue weighted by Crippen LogP contribution is -2.01. The first-order valence-corrected chi connectivity index (χ1v) is 8.16. The van der Waals surface area contributed by atoms with Crippen molar-refractivity contribution in [1.29, 1.82) is 0 Å². The van der Waals surface area contributed by atoms with E-state index in [4.69, 9.17) is 4.74 Å². The van der Waals surface area contributed by atoms with Crippen LogP contribution < -0.4 is 10.1 Å². The molecule has 0 bridgehead atoms. The zero-order valence-corrected chi connectivity index (χ0v) is 13.6.